The molecule has 3 aromatic rings. The molecular weight excluding hydrogens is 382 g/mol. The molecule has 1 aliphatic rings. The molecule has 0 aliphatic carbocycles. The summed E-state index contributed by atoms with van der Waals surface area (Å²) < 4.78 is 29.1. The molecule has 9 nitrogen and oxygen atoms in total. The highest BCUT2D eigenvalue weighted by Crippen LogP contribution is 2.26. The zero-order valence-corrected chi connectivity index (χ0v) is 16.1. The Balaban J connectivity index is 1.63. The maximum absolute atomic E-state index is 13.2. The molecule has 0 spiro atoms. The number of fused-ring (bicyclic) bond motifs is 1. The Kier molecular flexibility index (Phi) is 5.14. The van der Waals surface area contributed by atoms with Gasteiger partial charge in [-0.15, -0.1) is 0 Å². The molecule has 1 fully saturated rings. The predicted molar refractivity (Wildman–Crippen MR) is 103 cm³/mol. The first kappa shape index (κ1) is 19.2. The number of aromatic nitrogens is 5. The predicted octanol–water partition coefficient (Wildman–Crippen LogP) is 2.13. The van der Waals surface area contributed by atoms with Gasteiger partial charge in [-0.2, -0.15) is 10.2 Å². The first-order chi connectivity index (χ1) is 13.9. The second-order valence-corrected chi connectivity index (χ2v) is 7.09. The summed E-state index contributed by atoms with van der Waals surface area (Å²) in [5.74, 6) is 0.0752. The summed E-state index contributed by atoms with van der Waals surface area (Å²) in [5, 5.41) is 17.2. The number of hydrogen-bond donors (Lipinski definition) is 3. The summed E-state index contributed by atoms with van der Waals surface area (Å²) >= 11 is 0. The highest BCUT2D eigenvalue weighted by molar-refractivity contribution is 6.09. The first-order valence-corrected chi connectivity index (χ1v) is 9.38. The minimum Gasteiger partial charge on any atom is -0.366 e. The number of halogens is 2. The van der Waals surface area contributed by atoms with Crippen LogP contribution in [0.4, 0.5) is 20.3 Å². The molecule has 0 bridgehead atoms. The molecule has 29 heavy (non-hydrogen) atoms. The Hall–Kier alpha value is -3.08. The van der Waals surface area contributed by atoms with Crippen molar-refractivity contribution in [3.63, 3.8) is 0 Å². The number of carbonyl (C=O) groups is 1. The van der Waals surface area contributed by atoms with E-state index in [4.69, 9.17) is 0 Å². The topological polar surface area (TPSA) is 101 Å². The molecule has 1 atom stereocenters. The lowest BCUT2D eigenvalue weighted by Crippen LogP contribution is -2.38. The fraction of sp³-hybridized carbons (Fsp3) is 0.444. The van der Waals surface area contributed by atoms with E-state index in [2.05, 4.69) is 31.1 Å². The van der Waals surface area contributed by atoms with E-state index in [0.29, 0.717) is 17.2 Å². The van der Waals surface area contributed by atoms with Crippen LogP contribution in [-0.2, 0) is 7.05 Å². The Bertz CT molecular complexity index is 1040. The van der Waals surface area contributed by atoms with Crippen LogP contribution >= 0.6 is 0 Å². The first-order valence-electron chi connectivity index (χ1n) is 9.38. The minimum atomic E-state index is -2.80. The Morgan fingerprint density at radius 3 is 2.93 bits per heavy atom. The van der Waals surface area contributed by atoms with E-state index in [1.807, 2.05) is 0 Å². The lowest BCUT2D eigenvalue weighted by atomic mass is 10.1. The Morgan fingerprint density at radius 2 is 2.21 bits per heavy atom. The van der Waals surface area contributed by atoms with Gasteiger partial charge in [-0.1, -0.05) is 0 Å². The second kappa shape index (κ2) is 7.74. The average Bonchev–Trinajstić information content (AvgIpc) is 3.21. The van der Waals surface area contributed by atoms with Crippen molar-refractivity contribution in [2.75, 3.05) is 23.7 Å². The normalized spacial score (nSPS) is 17.1. The van der Waals surface area contributed by atoms with Crippen LogP contribution in [0.5, 0.6) is 0 Å². The third kappa shape index (κ3) is 3.90. The fourth-order valence-corrected chi connectivity index (χ4v) is 3.52. The summed E-state index contributed by atoms with van der Waals surface area (Å²) in [6.07, 6.45) is 2.38. The molecule has 3 aromatic heterocycles. The summed E-state index contributed by atoms with van der Waals surface area (Å²) in [6.45, 7) is 3.53. The Morgan fingerprint density at radius 1 is 1.38 bits per heavy atom. The van der Waals surface area contributed by atoms with E-state index < -0.39 is 18.0 Å². The standard InChI is InChI=1S/C18H22F2N8O/c1-10-14(18(29)23-12-9-27(2)26-15(12)16(19)20)17-24-13(5-7-28(17)25-10)22-11-4-3-6-21-8-11/h5,7,9,11,16,21H,3-4,6,8H2,1-2H3,(H,22,24)(H,23,29)/t11-/m1/s1. The number of amides is 1. The number of nitrogens with zero attached hydrogens (tertiary/aromatic N) is 5. The van der Waals surface area contributed by atoms with Gasteiger partial charge >= 0.3 is 0 Å². The van der Waals surface area contributed by atoms with E-state index in [1.54, 1.807) is 19.2 Å². The van der Waals surface area contributed by atoms with Crippen LogP contribution in [0.3, 0.4) is 0 Å². The quantitative estimate of drug-likeness (QED) is 0.602. The van der Waals surface area contributed by atoms with Crippen molar-refractivity contribution in [2.24, 2.45) is 7.05 Å². The van der Waals surface area contributed by atoms with Crippen LogP contribution in [0.15, 0.2) is 18.5 Å². The third-order valence-electron chi connectivity index (χ3n) is 4.85. The summed E-state index contributed by atoms with van der Waals surface area (Å²) in [6, 6.07) is 2.05. The number of alkyl halides is 2. The van der Waals surface area contributed by atoms with Crippen molar-refractivity contribution in [3.8, 4) is 0 Å². The number of piperidine rings is 1. The smallest absolute Gasteiger partial charge is 0.284 e. The van der Waals surface area contributed by atoms with Crippen molar-refractivity contribution < 1.29 is 13.6 Å². The van der Waals surface area contributed by atoms with Gasteiger partial charge in [0.1, 0.15) is 11.4 Å². The SMILES string of the molecule is Cc1nn2ccc(N[C@@H]3CCCNC3)nc2c1C(=O)Nc1cn(C)nc1C(F)F. The molecule has 0 aromatic carbocycles. The van der Waals surface area contributed by atoms with Crippen LogP contribution in [0, 0.1) is 6.92 Å². The number of aryl methyl sites for hydroxylation is 2. The zero-order chi connectivity index (χ0) is 20.5. The Labute approximate surface area is 165 Å². The fourth-order valence-electron chi connectivity index (χ4n) is 3.52. The van der Waals surface area contributed by atoms with E-state index in [1.165, 1.54) is 22.4 Å². The number of anilines is 2. The lowest BCUT2D eigenvalue weighted by molar-refractivity contribution is 0.102. The van der Waals surface area contributed by atoms with Crippen molar-refractivity contribution in [1.29, 1.82) is 0 Å². The number of nitrogens with one attached hydrogen (secondary N) is 3. The molecule has 1 amide bonds. The molecule has 0 radical (unpaired) electrons. The van der Waals surface area contributed by atoms with Crippen LogP contribution in [0.1, 0.15) is 41.0 Å². The van der Waals surface area contributed by atoms with Crippen LogP contribution < -0.4 is 16.0 Å². The maximum Gasteiger partial charge on any atom is 0.284 e. The molecule has 154 valence electrons. The molecule has 1 aliphatic heterocycles. The molecule has 3 N–H and O–H groups in total. The van der Waals surface area contributed by atoms with E-state index in [-0.39, 0.29) is 17.3 Å². The van der Waals surface area contributed by atoms with E-state index >= 15 is 0 Å². The molecule has 4 heterocycles. The van der Waals surface area contributed by atoms with Gasteiger partial charge in [-0.3, -0.25) is 9.48 Å². The average molecular weight is 404 g/mol. The molecular formula is C18H22F2N8O. The molecule has 11 heteroatoms. The van der Waals surface area contributed by atoms with Gasteiger partial charge in [0.25, 0.3) is 12.3 Å². The molecule has 0 unspecified atom stereocenters. The van der Waals surface area contributed by atoms with Gasteiger partial charge in [-0.25, -0.2) is 18.3 Å². The van der Waals surface area contributed by atoms with E-state index in [9.17, 15) is 13.6 Å². The summed E-state index contributed by atoms with van der Waals surface area (Å²) in [4.78, 5) is 17.4. The van der Waals surface area contributed by atoms with Gasteiger partial charge in [0, 0.05) is 32.0 Å². The van der Waals surface area contributed by atoms with Crippen LogP contribution in [0.25, 0.3) is 5.65 Å². The molecule has 1 saturated heterocycles. The van der Waals surface area contributed by atoms with Gasteiger partial charge < -0.3 is 16.0 Å². The van der Waals surface area contributed by atoms with Crippen LogP contribution in [0.2, 0.25) is 0 Å². The largest absolute Gasteiger partial charge is 0.366 e. The van der Waals surface area contributed by atoms with Crippen molar-refractivity contribution >= 4 is 23.1 Å². The van der Waals surface area contributed by atoms with Gasteiger partial charge in [-0.05, 0) is 32.4 Å². The zero-order valence-electron chi connectivity index (χ0n) is 16.1. The van der Waals surface area contributed by atoms with Crippen LogP contribution in [-0.4, -0.2) is 49.4 Å². The summed E-state index contributed by atoms with van der Waals surface area (Å²) in [7, 11) is 1.52. The highest BCUT2D eigenvalue weighted by Gasteiger charge is 2.24. The molecule has 4 rings (SSSR count). The summed E-state index contributed by atoms with van der Waals surface area (Å²) in [5.41, 5.74) is 0.536. The number of rotatable bonds is 5. The second-order valence-electron chi connectivity index (χ2n) is 7.09. The van der Waals surface area contributed by atoms with Crippen molar-refractivity contribution in [1.82, 2.24) is 29.7 Å². The van der Waals surface area contributed by atoms with Gasteiger partial charge in [0.05, 0.1) is 11.4 Å². The monoisotopic (exact) mass is 404 g/mol. The van der Waals surface area contributed by atoms with Gasteiger partial charge in [0.2, 0.25) is 0 Å². The van der Waals surface area contributed by atoms with Crippen molar-refractivity contribution in [2.45, 2.75) is 32.2 Å². The number of hydrogen-bond acceptors (Lipinski definition) is 6. The van der Waals surface area contributed by atoms with Gasteiger partial charge in [0.15, 0.2) is 11.3 Å². The number of carbonyl (C=O) groups excluding carboxylic acids is 1. The highest BCUT2D eigenvalue weighted by atomic mass is 19.3. The van der Waals surface area contributed by atoms with Crippen molar-refractivity contribution in [3.05, 3.63) is 35.4 Å². The lowest BCUT2D eigenvalue weighted by Gasteiger charge is -2.24. The maximum atomic E-state index is 13.2. The van der Waals surface area contributed by atoms with E-state index in [0.717, 1.165) is 25.9 Å². The molecule has 0 saturated carbocycles. The third-order valence-corrected chi connectivity index (χ3v) is 4.85. The minimum absolute atomic E-state index is 0.0335.